The van der Waals surface area contributed by atoms with Gasteiger partial charge in [-0.1, -0.05) is 12.1 Å². The fourth-order valence-electron chi connectivity index (χ4n) is 3.37. The minimum absolute atomic E-state index is 0.0823. The zero-order valence-electron chi connectivity index (χ0n) is 12.9. The summed E-state index contributed by atoms with van der Waals surface area (Å²) in [6.07, 6.45) is 3.39. The number of rotatable bonds is 3. The standard InChI is InChI=1S/C17H20N4O2/c18-12-5-7-20(8-6-12)9-10-21-14-4-2-1-3-13(14)16-15(17(21)22)19-11-23-16/h1-4,11-12H,5-10,18H2. The third-order valence-electron chi connectivity index (χ3n) is 4.73. The van der Waals surface area contributed by atoms with Crippen LogP contribution >= 0.6 is 0 Å². The molecule has 1 aliphatic rings. The van der Waals surface area contributed by atoms with Crippen molar-refractivity contribution < 1.29 is 4.42 Å². The maximum atomic E-state index is 12.7. The first-order chi connectivity index (χ1) is 11.2. The van der Waals surface area contributed by atoms with Crippen LogP contribution in [0.15, 0.2) is 39.9 Å². The van der Waals surface area contributed by atoms with Crippen LogP contribution in [-0.4, -0.2) is 40.1 Å². The van der Waals surface area contributed by atoms with Gasteiger partial charge in [-0.2, -0.15) is 0 Å². The molecule has 2 N–H and O–H groups in total. The fourth-order valence-corrected chi connectivity index (χ4v) is 3.37. The Morgan fingerprint density at radius 3 is 2.83 bits per heavy atom. The number of nitrogens with zero attached hydrogens (tertiary/aromatic N) is 3. The highest BCUT2D eigenvalue weighted by atomic mass is 16.3. The van der Waals surface area contributed by atoms with E-state index in [9.17, 15) is 4.79 Å². The van der Waals surface area contributed by atoms with Crippen molar-refractivity contribution in [1.29, 1.82) is 0 Å². The smallest absolute Gasteiger partial charge is 0.280 e. The van der Waals surface area contributed by atoms with Gasteiger partial charge in [-0.15, -0.1) is 0 Å². The Bertz CT molecular complexity index is 890. The summed E-state index contributed by atoms with van der Waals surface area (Å²) in [5.41, 5.74) is 7.75. The number of oxazole rings is 1. The molecule has 6 nitrogen and oxygen atoms in total. The summed E-state index contributed by atoms with van der Waals surface area (Å²) in [6, 6.07) is 8.15. The summed E-state index contributed by atoms with van der Waals surface area (Å²) >= 11 is 0. The van der Waals surface area contributed by atoms with E-state index in [1.54, 1.807) is 0 Å². The predicted octanol–water partition coefficient (Wildman–Crippen LogP) is 1.57. The lowest BCUT2D eigenvalue weighted by molar-refractivity contribution is 0.206. The summed E-state index contributed by atoms with van der Waals surface area (Å²) < 4.78 is 7.24. The number of para-hydroxylation sites is 1. The monoisotopic (exact) mass is 312 g/mol. The molecule has 0 amide bonds. The van der Waals surface area contributed by atoms with E-state index in [1.807, 2.05) is 28.8 Å². The topological polar surface area (TPSA) is 77.3 Å². The number of likely N-dealkylation sites (tertiary alicyclic amines) is 1. The molecule has 0 radical (unpaired) electrons. The number of nitrogens with two attached hydrogens (primary N) is 1. The molecular weight excluding hydrogens is 292 g/mol. The fraction of sp³-hybridized carbons (Fsp3) is 0.412. The van der Waals surface area contributed by atoms with Crippen LogP contribution in [0.3, 0.4) is 0 Å². The number of fused-ring (bicyclic) bond motifs is 3. The van der Waals surface area contributed by atoms with Crippen molar-refractivity contribution in [2.75, 3.05) is 19.6 Å². The molecule has 23 heavy (non-hydrogen) atoms. The molecule has 1 aliphatic heterocycles. The van der Waals surface area contributed by atoms with Gasteiger partial charge in [0.25, 0.3) is 5.56 Å². The Labute approximate surface area is 133 Å². The molecule has 0 aliphatic carbocycles. The number of hydrogen-bond acceptors (Lipinski definition) is 5. The van der Waals surface area contributed by atoms with E-state index in [4.69, 9.17) is 10.2 Å². The minimum atomic E-state index is -0.0823. The van der Waals surface area contributed by atoms with Crippen molar-refractivity contribution in [2.24, 2.45) is 5.73 Å². The van der Waals surface area contributed by atoms with Crippen molar-refractivity contribution in [1.82, 2.24) is 14.5 Å². The molecule has 2 aromatic heterocycles. The van der Waals surface area contributed by atoms with E-state index in [1.165, 1.54) is 6.39 Å². The van der Waals surface area contributed by atoms with E-state index >= 15 is 0 Å². The van der Waals surface area contributed by atoms with E-state index in [-0.39, 0.29) is 5.56 Å². The minimum Gasteiger partial charge on any atom is -0.443 e. The molecule has 1 fully saturated rings. The normalized spacial score (nSPS) is 17.3. The number of piperidine rings is 1. The lowest BCUT2D eigenvalue weighted by Gasteiger charge is -2.30. The van der Waals surface area contributed by atoms with Crippen molar-refractivity contribution in [3.8, 4) is 0 Å². The molecule has 1 aromatic carbocycles. The highest BCUT2D eigenvalue weighted by Gasteiger charge is 2.18. The molecule has 3 heterocycles. The van der Waals surface area contributed by atoms with Gasteiger partial charge in [0.2, 0.25) is 0 Å². The lowest BCUT2D eigenvalue weighted by atomic mass is 10.1. The molecule has 0 unspecified atom stereocenters. The number of pyridine rings is 1. The van der Waals surface area contributed by atoms with Gasteiger partial charge in [0, 0.05) is 24.5 Å². The molecule has 0 saturated carbocycles. The zero-order valence-corrected chi connectivity index (χ0v) is 12.9. The molecular formula is C17H20N4O2. The van der Waals surface area contributed by atoms with Crippen LogP contribution in [0.2, 0.25) is 0 Å². The first-order valence-electron chi connectivity index (χ1n) is 8.07. The van der Waals surface area contributed by atoms with Crippen LogP contribution < -0.4 is 11.3 Å². The highest BCUT2D eigenvalue weighted by Crippen LogP contribution is 2.22. The number of hydrogen-bond donors (Lipinski definition) is 1. The van der Waals surface area contributed by atoms with Gasteiger partial charge >= 0.3 is 0 Å². The second-order valence-electron chi connectivity index (χ2n) is 6.18. The Morgan fingerprint density at radius 1 is 1.22 bits per heavy atom. The van der Waals surface area contributed by atoms with Gasteiger partial charge in [0.1, 0.15) is 0 Å². The predicted molar refractivity (Wildman–Crippen MR) is 89.4 cm³/mol. The van der Waals surface area contributed by atoms with Crippen LogP contribution in [0.4, 0.5) is 0 Å². The van der Waals surface area contributed by atoms with E-state index < -0.39 is 0 Å². The maximum Gasteiger partial charge on any atom is 0.280 e. The molecule has 0 spiro atoms. The average molecular weight is 312 g/mol. The molecule has 6 heteroatoms. The average Bonchev–Trinajstić information content (AvgIpc) is 3.07. The van der Waals surface area contributed by atoms with Crippen LogP contribution in [0.1, 0.15) is 12.8 Å². The Kier molecular flexibility index (Phi) is 3.63. The van der Waals surface area contributed by atoms with Crippen molar-refractivity contribution in [3.05, 3.63) is 41.0 Å². The van der Waals surface area contributed by atoms with E-state index in [0.29, 0.717) is 23.7 Å². The van der Waals surface area contributed by atoms with Gasteiger partial charge in [0.05, 0.1) is 5.52 Å². The summed E-state index contributed by atoms with van der Waals surface area (Å²) in [4.78, 5) is 19.2. The summed E-state index contributed by atoms with van der Waals surface area (Å²) in [6.45, 7) is 3.50. The van der Waals surface area contributed by atoms with Crippen molar-refractivity contribution in [3.63, 3.8) is 0 Å². The second kappa shape index (κ2) is 5.79. The SMILES string of the molecule is NC1CCN(CCn2c(=O)c3ncoc3c3ccccc32)CC1. The first kappa shape index (κ1) is 14.4. The van der Waals surface area contributed by atoms with Gasteiger partial charge in [-0.25, -0.2) is 4.98 Å². The lowest BCUT2D eigenvalue weighted by Crippen LogP contribution is -2.41. The summed E-state index contributed by atoms with van der Waals surface area (Å²) in [7, 11) is 0. The molecule has 120 valence electrons. The maximum absolute atomic E-state index is 12.7. The third kappa shape index (κ3) is 2.54. The van der Waals surface area contributed by atoms with Crippen LogP contribution in [-0.2, 0) is 6.54 Å². The van der Waals surface area contributed by atoms with E-state index in [2.05, 4.69) is 9.88 Å². The van der Waals surface area contributed by atoms with Crippen LogP contribution in [0, 0.1) is 0 Å². The zero-order chi connectivity index (χ0) is 15.8. The van der Waals surface area contributed by atoms with Crippen LogP contribution in [0.25, 0.3) is 22.0 Å². The van der Waals surface area contributed by atoms with Gasteiger partial charge < -0.3 is 19.6 Å². The molecule has 0 bridgehead atoms. The molecule has 3 aromatic rings. The number of benzene rings is 1. The largest absolute Gasteiger partial charge is 0.443 e. The van der Waals surface area contributed by atoms with E-state index in [0.717, 1.165) is 43.4 Å². The van der Waals surface area contributed by atoms with Gasteiger partial charge in [-0.05, 0) is 38.1 Å². The quantitative estimate of drug-likeness (QED) is 0.794. The molecule has 1 saturated heterocycles. The summed E-state index contributed by atoms with van der Waals surface area (Å²) in [5.74, 6) is 0. The second-order valence-corrected chi connectivity index (χ2v) is 6.18. The van der Waals surface area contributed by atoms with Crippen molar-refractivity contribution in [2.45, 2.75) is 25.4 Å². The third-order valence-corrected chi connectivity index (χ3v) is 4.73. The number of aromatic nitrogens is 2. The van der Waals surface area contributed by atoms with Crippen LogP contribution in [0.5, 0.6) is 0 Å². The summed E-state index contributed by atoms with van der Waals surface area (Å²) in [5, 5.41) is 0.931. The van der Waals surface area contributed by atoms with Crippen molar-refractivity contribution >= 4 is 22.0 Å². The van der Waals surface area contributed by atoms with Gasteiger partial charge in [-0.3, -0.25) is 4.79 Å². The first-order valence-corrected chi connectivity index (χ1v) is 8.07. The Hall–Kier alpha value is -2.18. The van der Waals surface area contributed by atoms with Gasteiger partial charge in [0.15, 0.2) is 17.5 Å². The Morgan fingerprint density at radius 2 is 2.00 bits per heavy atom. The molecule has 0 atom stereocenters. The Balaban J connectivity index is 1.70. The molecule has 4 rings (SSSR count). The highest BCUT2D eigenvalue weighted by molar-refractivity contribution is 6.00.